The zero-order chi connectivity index (χ0) is 10.3. The molecule has 1 aromatic rings. The van der Waals surface area contributed by atoms with Gasteiger partial charge in [0.1, 0.15) is 11.6 Å². The molecule has 0 aliphatic heterocycles. The Labute approximate surface area is 81.4 Å². The van der Waals surface area contributed by atoms with E-state index in [9.17, 15) is 13.9 Å². The Morgan fingerprint density at radius 2 is 1.71 bits per heavy atom. The van der Waals surface area contributed by atoms with E-state index in [0.717, 1.165) is 6.07 Å². The van der Waals surface area contributed by atoms with Crippen LogP contribution in [-0.4, -0.2) is 10.7 Å². The molecule has 0 bridgehead atoms. The van der Waals surface area contributed by atoms with E-state index >= 15 is 0 Å². The van der Waals surface area contributed by atoms with Gasteiger partial charge in [-0.25, -0.2) is 8.78 Å². The van der Waals surface area contributed by atoms with Gasteiger partial charge in [0.15, 0.2) is 0 Å². The largest absolute Gasteiger partial charge is 0.390 e. The lowest BCUT2D eigenvalue weighted by Gasteiger charge is -2.41. The van der Waals surface area contributed by atoms with E-state index in [1.54, 1.807) is 6.92 Å². The van der Waals surface area contributed by atoms with Gasteiger partial charge in [0.25, 0.3) is 0 Å². The fraction of sp³-hybridized carbons (Fsp3) is 0.455. The van der Waals surface area contributed by atoms with Crippen molar-refractivity contribution in [3.8, 4) is 0 Å². The van der Waals surface area contributed by atoms with Gasteiger partial charge in [0.2, 0.25) is 0 Å². The van der Waals surface area contributed by atoms with Gasteiger partial charge in [-0.15, -0.1) is 0 Å². The fourth-order valence-electron chi connectivity index (χ4n) is 2.05. The van der Waals surface area contributed by atoms with Gasteiger partial charge in [-0.3, -0.25) is 0 Å². The van der Waals surface area contributed by atoms with Crippen molar-refractivity contribution in [2.75, 3.05) is 0 Å². The molecule has 1 N–H and O–H groups in total. The number of hydrogen-bond donors (Lipinski definition) is 1. The molecular weight excluding hydrogens is 186 g/mol. The first-order chi connectivity index (χ1) is 6.46. The van der Waals surface area contributed by atoms with Gasteiger partial charge in [0, 0.05) is 6.07 Å². The van der Waals surface area contributed by atoms with Crippen molar-refractivity contribution in [2.24, 2.45) is 0 Å². The minimum atomic E-state index is -0.659. The van der Waals surface area contributed by atoms with Gasteiger partial charge >= 0.3 is 0 Å². The van der Waals surface area contributed by atoms with Crippen molar-refractivity contribution >= 4 is 0 Å². The summed E-state index contributed by atoms with van der Waals surface area (Å²) in [6.45, 7) is 1.74. The second-order valence-corrected chi connectivity index (χ2v) is 4.30. The average molecular weight is 198 g/mol. The monoisotopic (exact) mass is 198 g/mol. The van der Waals surface area contributed by atoms with Crippen LogP contribution in [-0.2, 0) is 0 Å². The third kappa shape index (κ3) is 1.77. The SMILES string of the molecule is CC1(O)CC(c2cc(F)cc(F)c2)C1. The number of halogens is 2. The Balaban J connectivity index is 2.18. The molecular formula is C11H12F2O. The molecule has 2 rings (SSSR count). The summed E-state index contributed by atoms with van der Waals surface area (Å²) in [5.41, 5.74) is -0.0120. The summed E-state index contributed by atoms with van der Waals surface area (Å²) in [5, 5.41) is 9.50. The molecule has 0 saturated heterocycles. The first-order valence-corrected chi connectivity index (χ1v) is 4.65. The van der Waals surface area contributed by atoms with E-state index in [1.807, 2.05) is 0 Å². The lowest BCUT2D eigenvalue weighted by Crippen LogP contribution is -2.39. The standard InChI is InChI=1S/C11H12F2O/c1-11(14)5-8(6-11)7-2-9(12)4-10(13)3-7/h2-4,8,14H,5-6H2,1H3. The van der Waals surface area contributed by atoms with Crippen LogP contribution < -0.4 is 0 Å². The highest BCUT2D eigenvalue weighted by atomic mass is 19.1. The molecule has 0 unspecified atom stereocenters. The molecule has 1 aliphatic rings. The third-order valence-electron chi connectivity index (χ3n) is 2.73. The van der Waals surface area contributed by atoms with E-state index < -0.39 is 17.2 Å². The van der Waals surface area contributed by atoms with E-state index in [1.165, 1.54) is 12.1 Å². The van der Waals surface area contributed by atoms with Gasteiger partial charge < -0.3 is 5.11 Å². The summed E-state index contributed by atoms with van der Waals surface area (Å²) in [4.78, 5) is 0. The minimum absolute atomic E-state index is 0.0928. The zero-order valence-electron chi connectivity index (χ0n) is 7.93. The Kier molecular flexibility index (Phi) is 2.07. The van der Waals surface area contributed by atoms with Crippen LogP contribution in [0.5, 0.6) is 0 Å². The normalized spacial score (nSPS) is 31.3. The highest BCUT2D eigenvalue weighted by molar-refractivity contribution is 5.25. The molecule has 0 spiro atoms. The molecule has 14 heavy (non-hydrogen) atoms. The predicted molar refractivity (Wildman–Crippen MR) is 49.0 cm³/mol. The van der Waals surface area contributed by atoms with Crippen LogP contribution in [0.15, 0.2) is 18.2 Å². The lowest BCUT2D eigenvalue weighted by atomic mass is 9.69. The van der Waals surface area contributed by atoms with Gasteiger partial charge in [-0.2, -0.15) is 0 Å². The summed E-state index contributed by atoms with van der Waals surface area (Å²) < 4.78 is 25.7. The molecule has 0 heterocycles. The van der Waals surface area contributed by atoms with Gasteiger partial charge in [-0.1, -0.05) is 0 Å². The highest BCUT2D eigenvalue weighted by Crippen LogP contribution is 2.44. The fourth-order valence-corrected chi connectivity index (χ4v) is 2.05. The number of aliphatic hydroxyl groups is 1. The molecule has 1 aromatic carbocycles. The highest BCUT2D eigenvalue weighted by Gasteiger charge is 2.39. The predicted octanol–water partition coefficient (Wildman–Crippen LogP) is 2.59. The first-order valence-electron chi connectivity index (χ1n) is 4.65. The number of rotatable bonds is 1. The maximum absolute atomic E-state index is 12.8. The summed E-state index contributed by atoms with van der Waals surface area (Å²) in [7, 11) is 0. The van der Waals surface area contributed by atoms with Gasteiger partial charge in [-0.05, 0) is 43.4 Å². The average Bonchev–Trinajstić information content (AvgIpc) is 1.97. The second-order valence-electron chi connectivity index (χ2n) is 4.30. The summed E-state index contributed by atoms with van der Waals surface area (Å²) in [6.07, 6.45) is 1.16. The topological polar surface area (TPSA) is 20.2 Å². The van der Waals surface area contributed by atoms with Crippen molar-refractivity contribution in [1.29, 1.82) is 0 Å². The molecule has 0 radical (unpaired) electrons. The Bertz CT molecular complexity index is 332. The van der Waals surface area contributed by atoms with Crippen LogP contribution in [0.2, 0.25) is 0 Å². The molecule has 0 atom stereocenters. The number of benzene rings is 1. The van der Waals surface area contributed by atoms with Crippen molar-refractivity contribution < 1.29 is 13.9 Å². The molecule has 1 aliphatic carbocycles. The van der Waals surface area contributed by atoms with Crippen molar-refractivity contribution in [3.05, 3.63) is 35.4 Å². The molecule has 1 saturated carbocycles. The Morgan fingerprint density at radius 3 is 2.14 bits per heavy atom. The van der Waals surface area contributed by atoms with Crippen LogP contribution in [0.25, 0.3) is 0 Å². The quantitative estimate of drug-likeness (QED) is 0.735. The van der Waals surface area contributed by atoms with Crippen molar-refractivity contribution in [3.63, 3.8) is 0 Å². The summed E-state index contributed by atoms with van der Waals surface area (Å²) >= 11 is 0. The Hall–Kier alpha value is -0.960. The lowest BCUT2D eigenvalue weighted by molar-refractivity contribution is -0.0314. The minimum Gasteiger partial charge on any atom is -0.390 e. The van der Waals surface area contributed by atoms with Crippen molar-refractivity contribution in [1.82, 2.24) is 0 Å². The van der Waals surface area contributed by atoms with Crippen LogP contribution in [0.3, 0.4) is 0 Å². The second kappa shape index (κ2) is 3.02. The zero-order valence-corrected chi connectivity index (χ0v) is 7.93. The molecule has 0 aromatic heterocycles. The van der Waals surface area contributed by atoms with Crippen LogP contribution in [0.1, 0.15) is 31.2 Å². The first kappa shape index (κ1) is 9.59. The van der Waals surface area contributed by atoms with Crippen LogP contribution in [0.4, 0.5) is 8.78 Å². The van der Waals surface area contributed by atoms with Crippen LogP contribution >= 0.6 is 0 Å². The van der Waals surface area contributed by atoms with Crippen molar-refractivity contribution in [2.45, 2.75) is 31.3 Å². The van der Waals surface area contributed by atoms with E-state index in [4.69, 9.17) is 0 Å². The molecule has 1 nitrogen and oxygen atoms in total. The van der Waals surface area contributed by atoms with E-state index in [0.29, 0.717) is 18.4 Å². The van der Waals surface area contributed by atoms with Gasteiger partial charge in [0.05, 0.1) is 5.60 Å². The van der Waals surface area contributed by atoms with E-state index in [-0.39, 0.29) is 5.92 Å². The number of hydrogen-bond acceptors (Lipinski definition) is 1. The molecule has 76 valence electrons. The molecule has 3 heteroatoms. The Morgan fingerprint density at radius 1 is 1.21 bits per heavy atom. The van der Waals surface area contributed by atoms with Crippen LogP contribution in [0, 0.1) is 11.6 Å². The van der Waals surface area contributed by atoms with E-state index in [2.05, 4.69) is 0 Å². The summed E-state index contributed by atoms with van der Waals surface area (Å²) in [5.74, 6) is -1.01. The third-order valence-corrected chi connectivity index (χ3v) is 2.73. The molecule has 1 fully saturated rings. The maximum Gasteiger partial charge on any atom is 0.126 e. The maximum atomic E-state index is 12.8. The molecule has 0 amide bonds. The summed E-state index contributed by atoms with van der Waals surface area (Å²) in [6, 6.07) is 3.53. The smallest absolute Gasteiger partial charge is 0.126 e.